The standard InChI is InChI=1S/C8H7F2NO3/c9-8(10)14-4-1-2-6(11)5(3-4)7(12)13/h1-3,8H,11H2,(H,12,13). The molecule has 0 saturated heterocycles. The van der Waals surface area contributed by atoms with Crippen LogP contribution in [0, 0.1) is 0 Å². The second-order valence-corrected chi connectivity index (χ2v) is 2.43. The SMILES string of the molecule is Nc1ccc(OC(F)F)cc1C(=O)O. The van der Waals surface area contributed by atoms with Gasteiger partial charge in [-0.2, -0.15) is 8.78 Å². The highest BCUT2D eigenvalue weighted by Crippen LogP contribution is 2.21. The predicted octanol–water partition coefficient (Wildman–Crippen LogP) is 1.57. The number of nitrogens with two attached hydrogens (primary N) is 1. The number of alkyl halides is 2. The second-order valence-electron chi connectivity index (χ2n) is 2.43. The van der Waals surface area contributed by atoms with Crippen LogP contribution in [0.5, 0.6) is 5.75 Å². The van der Waals surface area contributed by atoms with Gasteiger partial charge in [0.2, 0.25) is 0 Å². The summed E-state index contributed by atoms with van der Waals surface area (Å²) in [5, 5.41) is 8.60. The minimum Gasteiger partial charge on any atom is -0.478 e. The van der Waals surface area contributed by atoms with Gasteiger partial charge < -0.3 is 15.6 Å². The average Bonchev–Trinajstić information content (AvgIpc) is 2.07. The molecule has 0 atom stereocenters. The number of carboxylic acid groups (broad SMARTS) is 1. The lowest BCUT2D eigenvalue weighted by atomic mass is 10.2. The number of rotatable bonds is 3. The third kappa shape index (κ3) is 2.32. The maximum atomic E-state index is 11.8. The molecule has 14 heavy (non-hydrogen) atoms. The number of carboxylic acids is 1. The molecule has 0 saturated carbocycles. The Labute approximate surface area is 77.9 Å². The van der Waals surface area contributed by atoms with Crippen molar-refractivity contribution in [2.75, 3.05) is 5.73 Å². The van der Waals surface area contributed by atoms with Gasteiger partial charge in [-0.3, -0.25) is 0 Å². The van der Waals surface area contributed by atoms with Crippen LogP contribution in [0.1, 0.15) is 10.4 Å². The van der Waals surface area contributed by atoms with Crippen LogP contribution in [0.2, 0.25) is 0 Å². The summed E-state index contributed by atoms with van der Waals surface area (Å²) in [5.74, 6) is -1.52. The number of hydrogen-bond donors (Lipinski definition) is 2. The smallest absolute Gasteiger partial charge is 0.387 e. The number of benzene rings is 1. The Morgan fingerprint density at radius 3 is 2.64 bits per heavy atom. The van der Waals surface area contributed by atoms with E-state index in [4.69, 9.17) is 10.8 Å². The monoisotopic (exact) mass is 203 g/mol. The summed E-state index contributed by atoms with van der Waals surface area (Å²) >= 11 is 0. The topological polar surface area (TPSA) is 72.5 Å². The molecule has 0 fully saturated rings. The van der Waals surface area contributed by atoms with Gasteiger partial charge in [0.1, 0.15) is 5.75 Å². The molecule has 4 nitrogen and oxygen atoms in total. The number of carbonyl (C=O) groups is 1. The molecule has 0 bridgehead atoms. The molecule has 0 heterocycles. The van der Waals surface area contributed by atoms with E-state index in [1.54, 1.807) is 0 Å². The van der Waals surface area contributed by atoms with E-state index in [1.807, 2.05) is 0 Å². The molecule has 0 radical (unpaired) electrons. The molecule has 0 aliphatic carbocycles. The van der Waals surface area contributed by atoms with Gasteiger partial charge in [-0.25, -0.2) is 4.79 Å². The van der Waals surface area contributed by atoms with Gasteiger partial charge in [-0.1, -0.05) is 0 Å². The summed E-state index contributed by atoms with van der Waals surface area (Å²) in [7, 11) is 0. The normalized spacial score (nSPS) is 10.2. The molecule has 0 unspecified atom stereocenters. The summed E-state index contributed by atoms with van der Waals surface area (Å²) in [5.41, 5.74) is 5.04. The quantitative estimate of drug-likeness (QED) is 0.731. The highest BCUT2D eigenvalue weighted by atomic mass is 19.3. The van der Waals surface area contributed by atoms with Crippen molar-refractivity contribution < 1.29 is 23.4 Å². The van der Waals surface area contributed by atoms with Crippen molar-refractivity contribution in [3.05, 3.63) is 23.8 Å². The number of halogens is 2. The van der Waals surface area contributed by atoms with Crippen LogP contribution >= 0.6 is 0 Å². The molecule has 1 aromatic rings. The Morgan fingerprint density at radius 1 is 1.50 bits per heavy atom. The zero-order valence-electron chi connectivity index (χ0n) is 6.91. The zero-order chi connectivity index (χ0) is 10.7. The molecule has 0 aliphatic rings. The third-order valence-electron chi connectivity index (χ3n) is 1.48. The summed E-state index contributed by atoms with van der Waals surface area (Å²) in [6, 6.07) is 3.32. The molecule has 76 valence electrons. The van der Waals surface area contributed by atoms with Crippen LogP contribution in [0.25, 0.3) is 0 Å². The van der Waals surface area contributed by atoms with Crippen molar-refractivity contribution in [2.24, 2.45) is 0 Å². The first-order chi connectivity index (χ1) is 6.50. The number of nitrogen functional groups attached to an aromatic ring is 1. The van der Waals surface area contributed by atoms with E-state index < -0.39 is 12.6 Å². The van der Waals surface area contributed by atoms with Crippen molar-refractivity contribution >= 4 is 11.7 Å². The molecule has 0 amide bonds. The Morgan fingerprint density at radius 2 is 2.14 bits per heavy atom. The van der Waals surface area contributed by atoms with E-state index in [2.05, 4.69) is 4.74 Å². The Bertz CT molecular complexity index is 354. The van der Waals surface area contributed by atoms with Crippen molar-refractivity contribution in [3.63, 3.8) is 0 Å². The summed E-state index contributed by atoms with van der Waals surface area (Å²) < 4.78 is 27.5. The molecular weight excluding hydrogens is 196 g/mol. The Kier molecular flexibility index (Phi) is 2.85. The summed E-state index contributed by atoms with van der Waals surface area (Å²) in [4.78, 5) is 10.5. The highest BCUT2D eigenvalue weighted by molar-refractivity contribution is 5.94. The molecule has 0 spiro atoms. The van der Waals surface area contributed by atoms with Crippen LogP contribution in [0.15, 0.2) is 18.2 Å². The molecular formula is C8H7F2NO3. The number of hydrogen-bond acceptors (Lipinski definition) is 3. The van der Waals surface area contributed by atoms with Gasteiger partial charge in [0.15, 0.2) is 0 Å². The lowest BCUT2D eigenvalue weighted by molar-refractivity contribution is -0.0499. The van der Waals surface area contributed by atoms with Gasteiger partial charge in [0.25, 0.3) is 0 Å². The third-order valence-corrected chi connectivity index (χ3v) is 1.48. The molecule has 1 rings (SSSR count). The largest absolute Gasteiger partial charge is 0.478 e. The van der Waals surface area contributed by atoms with Gasteiger partial charge >= 0.3 is 12.6 Å². The summed E-state index contributed by atoms with van der Waals surface area (Å²) in [6.07, 6.45) is 0. The Balaban J connectivity index is 3.00. The van der Waals surface area contributed by atoms with Gasteiger partial charge in [0, 0.05) is 5.69 Å². The maximum absolute atomic E-state index is 11.8. The predicted molar refractivity (Wildman–Crippen MR) is 44.4 cm³/mol. The van der Waals surface area contributed by atoms with E-state index in [0.29, 0.717) is 0 Å². The molecule has 1 aromatic carbocycles. The van der Waals surface area contributed by atoms with Crippen molar-refractivity contribution in [3.8, 4) is 5.75 Å². The molecule has 0 aliphatic heterocycles. The van der Waals surface area contributed by atoms with Crippen molar-refractivity contribution in [1.82, 2.24) is 0 Å². The van der Waals surface area contributed by atoms with Crippen LogP contribution in [-0.4, -0.2) is 17.7 Å². The van der Waals surface area contributed by atoms with E-state index in [-0.39, 0.29) is 17.0 Å². The molecule has 0 aromatic heterocycles. The first kappa shape index (κ1) is 10.2. The van der Waals surface area contributed by atoms with Crippen LogP contribution in [0.4, 0.5) is 14.5 Å². The fourth-order valence-corrected chi connectivity index (χ4v) is 0.897. The highest BCUT2D eigenvalue weighted by Gasteiger charge is 2.11. The first-order valence-electron chi connectivity index (χ1n) is 3.58. The lowest BCUT2D eigenvalue weighted by Crippen LogP contribution is -2.06. The van der Waals surface area contributed by atoms with Crippen LogP contribution in [-0.2, 0) is 0 Å². The van der Waals surface area contributed by atoms with Crippen molar-refractivity contribution in [1.29, 1.82) is 0 Å². The first-order valence-corrected chi connectivity index (χ1v) is 3.58. The van der Waals surface area contributed by atoms with E-state index in [1.165, 1.54) is 12.1 Å². The fraction of sp³-hybridized carbons (Fsp3) is 0.125. The van der Waals surface area contributed by atoms with Gasteiger partial charge in [-0.05, 0) is 18.2 Å². The van der Waals surface area contributed by atoms with Gasteiger partial charge in [0.05, 0.1) is 5.56 Å². The number of aromatic carboxylic acids is 1. The lowest BCUT2D eigenvalue weighted by Gasteiger charge is -2.06. The van der Waals surface area contributed by atoms with E-state index in [0.717, 1.165) is 6.07 Å². The zero-order valence-corrected chi connectivity index (χ0v) is 6.91. The Hall–Kier alpha value is -1.85. The van der Waals surface area contributed by atoms with Gasteiger partial charge in [-0.15, -0.1) is 0 Å². The molecule has 3 N–H and O–H groups in total. The maximum Gasteiger partial charge on any atom is 0.387 e. The minimum atomic E-state index is -2.99. The summed E-state index contributed by atoms with van der Waals surface area (Å²) in [6.45, 7) is -2.99. The van der Waals surface area contributed by atoms with E-state index in [9.17, 15) is 13.6 Å². The minimum absolute atomic E-state index is 0.000818. The average molecular weight is 203 g/mol. The second kappa shape index (κ2) is 3.91. The number of ether oxygens (including phenoxy) is 1. The molecule has 6 heteroatoms. The fourth-order valence-electron chi connectivity index (χ4n) is 0.897. The number of anilines is 1. The van der Waals surface area contributed by atoms with Crippen molar-refractivity contribution in [2.45, 2.75) is 6.61 Å². The van der Waals surface area contributed by atoms with Crippen LogP contribution < -0.4 is 10.5 Å². The van der Waals surface area contributed by atoms with E-state index >= 15 is 0 Å². The van der Waals surface area contributed by atoms with Crippen LogP contribution in [0.3, 0.4) is 0 Å².